The van der Waals surface area contributed by atoms with E-state index in [0.717, 1.165) is 36.7 Å². The van der Waals surface area contributed by atoms with Crippen LogP contribution in [0.15, 0.2) is 43.1 Å². The number of halogens is 1. The van der Waals surface area contributed by atoms with E-state index in [0.29, 0.717) is 12.2 Å². The number of sulfonamides is 1. The van der Waals surface area contributed by atoms with Crippen LogP contribution >= 0.6 is 38.6 Å². The van der Waals surface area contributed by atoms with Crippen LogP contribution in [0.1, 0.15) is 6.92 Å². The molecule has 0 aliphatic carbocycles. The van der Waals surface area contributed by atoms with E-state index < -0.39 is 10.0 Å². The molecule has 5 nitrogen and oxygen atoms in total. The number of rotatable bonds is 4. The zero-order chi connectivity index (χ0) is 15.9. The molecule has 0 bridgehead atoms. The molecular weight excluding hydrogens is 408 g/mol. The molecule has 22 heavy (non-hydrogen) atoms. The highest BCUT2D eigenvalue weighted by atomic mass is 79.9. The summed E-state index contributed by atoms with van der Waals surface area (Å²) in [5, 5.41) is 0. The summed E-state index contributed by atoms with van der Waals surface area (Å²) in [6.07, 6.45) is 0. The highest BCUT2D eigenvalue weighted by Crippen LogP contribution is 2.29. The average molecular weight is 419 g/mol. The maximum atomic E-state index is 12.3. The zero-order valence-corrected chi connectivity index (χ0v) is 15.4. The smallest absolute Gasteiger partial charge is 0.299 e. The Balaban J connectivity index is 1.99. The molecule has 3 rings (SSSR count). The lowest BCUT2D eigenvalue weighted by atomic mass is 10.3. The average Bonchev–Trinajstić information content (AvgIpc) is 3.01. The molecule has 9 heteroatoms. The van der Waals surface area contributed by atoms with Gasteiger partial charge in [0.15, 0.2) is 0 Å². The van der Waals surface area contributed by atoms with E-state index in [2.05, 4.69) is 20.7 Å². The maximum Gasteiger partial charge on any atom is 0.308 e. The van der Waals surface area contributed by atoms with Crippen molar-refractivity contribution in [2.75, 3.05) is 4.72 Å². The van der Waals surface area contributed by atoms with E-state index in [1.165, 1.54) is 0 Å². The van der Waals surface area contributed by atoms with Gasteiger partial charge in [-0.2, -0.15) is 0 Å². The number of hydrogen-bond acceptors (Lipinski definition) is 5. The zero-order valence-electron chi connectivity index (χ0n) is 11.4. The Morgan fingerprint density at radius 1 is 1.23 bits per heavy atom. The summed E-state index contributed by atoms with van der Waals surface area (Å²) in [6.45, 7) is 2.49. The fraction of sp³-hybridized carbons (Fsp3) is 0.154. The van der Waals surface area contributed by atoms with Crippen LogP contribution in [0.4, 0.5) is 5.69 Å². The highest BCUT2D eigenvalue weighted by Gasteiger charge is 2.17. The van der Waals surface area contributed by atoms with Crippen molar-refractivity contribution in [3.8, 4) is 0 Å². The van der Waals surface area contributed by atoms with Gasteiger partial charge in [0, 0.05) is 6.54 Å². The maximum absolute atomic E-state index is 12.3. The fourth-order valence-corrected chi connectivity index (χ4v) is 6.13. The van der Waals surface area contributed by atoms with Gasteiger partial charge in [0.25, 0.3) is 10.0 Å². The van der Waals surface area contributed by atoms with Gasteiger partial charge in [-0.15, -0.1) is 11.3 Å². The summed E-state index contributed by atoms with van der Waals surface area (Å²) >= 11 is 5.51. The molecule has 0 atom stereocenters. The standard InChI is InChI=1S/C13H11BrN2O3S3/c1-2-16-9-4-3-8(7-10(9)20-13(16)17)15-22(18,19)12-6-5-11(14)21-12/h3-7,15H,2H2,1H3. The molecule has 116 valence electrons. The van der Waals surface area contributed by atoms with Crippen molar-refractivity contribution >= 4 is 64.5 Å². The third kappa shape index (κ3) is 2.85. The van der Waals surface area contributed by atoms with Crippen molar-refractivity contribution in [3.63, 3.8) is 0 Å². The second-order valence-corrected chi connectivity index (χ2v) is 9.82. The van der Waals surface area contributed by atoms with Crippen LogP contribution < -0.4 is 9.60 Å². The van der Waals surface area contributed by atoms with Gasteiger partial charge in [0.2, 0.25) is 0 Å². The highest BCUT2D eigenvalue weighted by molar-refractivity contribution is 9.11. The third-order valence-electron chi connectivity index (χ3n) is 3.05. The van der Waals surface area contributed by atoms with E-state index in [9.17, 15) is 13.2 Å². The van der Waals surface area contributed by atoms with Crippen molar-refractivity contribution in [2.24, 2.45) is 0 Å². The second-order valence-electron chi connectivity index (χ2n) is 4.46. The molecule has 0 saturated carbocycles. The number of benzene rings is 1. The molecule has 1 aromatic carbocycles. The Labute approximate surface area is 143 Å². The number of aryl methyl sites for hydroxylation is 1. The first-order valence-corrected chi connectivity index (χ1v) is 10.2. The number of nitrogens with one attached hydrogen (secondary N) is 1. The minimum Gasteiger partial charge on any atom is -0.299 e. The van der Waals surface area contributed by atoms with Crippen LogP contribution in [0.3, 0.4) is 0 Å². The number of hydrogen-bond donors (Lipinski definition) is 1. The largest absolute Gasteiger partial charge is 0.308 e. The normalized spacial score (nSPS) is 11.9. The summed E-state index contributed by atoms with van der Waals surface area (Å²) < 4.78 is 30.5. The first kappa shape index (κ1) is 15.7. The molecule has 0 radical (unpaired) electrons. The van der Waals surface area contributed by atoms with Gasteiger partial charge >= 0.3 is 4.87 Å². The molecular formula is C13H11BrN2O3S3. The molecule has 2 aromatic heterocycles. The lowest BCUT2D eigenvalue weighted by molar-refractivity contribution is 0.603. The first-order chi connectivity index (χ1) is 10.4. The molecule has 0 fully saturated rings. The Kier molecular flexibility index (Phi) is 4.15. The van der Waals surface area contributed by atoms with Crippen molar-refractivity contribution in [3.05, 3.63) is 43.8 Å². The van der Waals surface area contributed by atoms with E-state index in [4.69, 9.17) is 0 Å². The summed E-state index contributed by atoms with van der Waals surface area (Å²) in [6, 6.07) is 8.35. The molecule has 0 aliphatic rings. The van der Waals surface area contributed by atoms with Gasteiger partial charge in [-0.25, -0.2) is 8.42 Å². The first-order valence-electron chi connectivity index (χ1n) is 6.32. The Hall–Kier alpha value is -1.16. The molecule has 3 aromatic rings. The van der Waals surface area contributed by atoms with Gasteiger partial charge in [-0.3, -0.25) is 14.1 Å². The number of aromatic nitrogens is 1. The van der Waals surface area contributed by atoms with Crippen LogP contribution in [0.25, 0.3) is 10.2 Å². The fourth-order valence-electron chi connectivity index (χ4n) is 2.08. The second kappa shape index (κ2) is 5.80. The quantitative estimate of drug-likeness (QED) is 0.701. The van der Waals surface area contributed by atoms with E-state index >= 15 is 0 Å². The van der Waals surface area contributed by atoms with Crippen LogP contribution in [0.5, 0.6) is 0 Å². The number of fused-ring (bicyclic) bond motifs is 1. The van der Waals surface area contributed by atoms with Crippen molar-refractivity contribution < 1.29 is 8.42 Å². The molecule has 1 N–H and O–H groups in total. The van der Waals surface area contributed by atoms with E-state index in [-0.39, 0.29) is 9.08 Å². The van der Waals surface area contributed by atoms with Crippen molar-refractivity contribution in [1.82, 2.24) is 4.57 Å². The minimum atomic E-state index is -3.61. The van der Waals surface area contributed by atoms with Gasteiger partial charge in [-0.05, 0) is 53.2 Å². The van der Waals surface area contributed by atoms with Crippen LogP contribution in [-0.2, 0) is 16.6 Å². The number of nitrogens with zero attached hydrogens (tertiary/aromatic N) is 1. The summed E-state index contributed by atoms with van der Waals surface area (Å²) in [5.41, 5.74) is 1.26. The van der Waals surface area contributed by atoms with Crippen molar-refractivity contribution in [2.45, 2.75) is 17.7 Å². The Morgan fingerprint density at radius 3 is 2.64 bits per heavy atom. The molecule has 0 unspecified atom stereocenters. The van der Waals surface area contributed by atoms with Crippen LogP contribution in [0, 0.1) is 0 Å². The predicted octanol–water partition coefficient (Wildman–Crippen LogP) is 3.71. The Bertz CT molecular complexity index is 1000. The summed E-state index contributed by atoms with van der Waals surface area (Å²) in [4.78, 5) is 11.8. The van der Waals surface area contributed by atoms with E-state index in [1.807, 2.05) is 6.92 Å². The van der Waals surface area contributed by atoms with Gasteiger partial charge in [0.1, 0.15) is 4.21 Å². The van der Waals surface area contributed by atoms with Gasteiger partial charge in [0.05, 0.1) is 19.7 Å². The Morgan fingerprint density at radius 2 is 2.00 bits per heavy atom. The predicted molar refractivity (Wildman–Crippen MR) is 94.6 cm³/mol. The molecule has 0 aliphatic heterocycles. The lowest BCUT2D eigenvalue weighted by Crippen LogP contribution is -2.11. The van der Waals surface area contributed by atoms with Crippen LogP contribution in [-0.4, -0.2) is 13.0 Å². The summed E-state index contributed by atoms with van der Waals surface area (Å²) in [5.74, 6) is 0. The monoisotopic (exact) mass is 418 g/mol. The topological polar surface area (TPSA) is 68.2 Å². The number of thiazole rings is 1. The number of thiophene rings is 1. The van der Waals surface area contributed by atoms with Crippen molar-refractivity contribution in [1.29, 1.82) is 0 Å². The van der Waals surface area contributed by atoms with E-state index in [1.54, 1.807) is 34.9 Å². The minimum absolute atomic E-state index is 0.0419. The van der Waals surface area contributed by atoms with Gasteiger partial charge in [-0.1, -0.05) is 11.3 Å². The molecule has 0 spiro atoms. The SMILES string of the molecule is CCn1c(=O)sc2cc(NS(=O)(=O)c3ccc(Br)s3)ccc21. The lowest BCUT2D eigenvalue weighted by Gasteiger charge is -2.06. The van der Waals surface area contributed by atoms with Crippen LogP contribution in [0.2, 0.25) is 0 Å². The molecule has 0 saturated heterocycles. The molecule has 2 heterocycles. The molecule has 0 amide bonds. The number of anilines is 1. The van der Waals surface area contributed by atoms with Gasteiger partial charge < -0.3 is 0 Å². The summed E-state index contributed by atoms with van der Waals surface area (Å²) in [7, 11) is -3.61. The third-order valence-corrected chi connectivity index (χ3v) is 7.49.